The van der Waals surface area contributed by atoms with Crippen molar-refractivity contribution in [1.29, 1.82) is 0 Å². The van der Waals surface area contributed by atoms with Gasteiger partial charge in [0.2, 0.25) is 0 Å². The van der Waals surface area contributed by atoms with Crippen LogP contribution in [0.4, 0.5) is 0 Å². The normalized spacial score (nSPS) is 12.4. The van der Waals surface area contributed by atoms with E-state index in [0.717, 1.165) is 13.0 Å². The molecule has 6 heteroatoms. The van der Waals surface area contributed by atoms with Crippen LogP contribution in [0.25, 0.3) is 0 Å². The SMILES string of the molecule is CCCCCCCCCCCCn1cc(CC(N)C(=O)O)nn1. The van der Waals surface area contributed by atoms with Crippen LogP contribution in [0, 0.1) is 0 Å². The third-order valence-corrected chi connectivity index (χ3v) is 4.07. The molecule has 0 aliphatic carbocycles. The van der Waals surface area contributed by atoms with Crippen LogP contribution in [-0.2, 0) is 17.8 Å². The number of rotatable bonds is 14. The molecule has 0 aromatic carbocycles. The summed E-state index contributed by atoms with van der Waals surface area (Å²) in [7, 11) is 0. The van der Waals surface area contributed by atoms with Gasteiger partial charge in [-0.3, -0.25) is 9.48 Å². The first kappa shape index (κ1) is 19.6. The zero-order chi connectivity index (χ0) is 16.9. The van der Waals surface area contributed by atoms with E-state index in [9.17, 15) is 4.79 Å². The molecule has 0 amide bonds. The molecule has 6 nitrogen and oxygen atoms in total. The van der Waals surface area contributed by atoms with E-state index in [4.69, 9.17) is 10.8 Å². The Morgan fingerprint density at radius 2 is 1.70 bits per heavy atom. The number of hydrogen-bond donors (Lipinski definition) is 2. The molecular formula is C17H32N4O2. The van der Waals surface area contributed by atoms with E-state index in [1.807, 2.05) is 0 Å². The van der Waals surface area contributed by atoms with Gasteiger partial charge in [-0.1, -0.05) is 69.9 Å². The second-order valence-electron chi connectivity index (χ2n) is 6.30. The van der Waals surface area contributed by atoms with E-state index >= 15 is 0 Å². The summed E-state index contributed by atoms with van der Waals surface area (Å²) in [6.45, 7) is 3.09. The van der Waals surface area contributed by atoms with Gasteiger partial charge < -0.3 is 10.8 Å². The number of carboxylic acid groups (broad SMARTS) is 1. The van der Waals surface area contributed by atoms with E-state index in [1.54, 1.807) is 10.9 Å². The Labute approximate surface area is 139 Å². The molecule has 1 atom stereocenters. The first-order valence-electron chi connectivity index (χ1n) is 9.01. The molecule has 1 rings (SSSR count). The summed E-state index contributed by atoms with van der Waals surface area (Å²) >= 11 is 0. The van der Waals surface area contributed by atoms with Crippen LogP contribution in [0.5, 0.6) is 0 Å². The minimum atomic E-state index is -1.01. The average Bonchev–Trinajstić information content (AvgIpc) is 2.96. The molecule has 1 aromatic rings. The number of hydrogen-bond acceptors (Lipinski definition) is 4. The summed E-state index contributed by atoms with van der Waals surface area (Å²) in [4.78, 5) is 10.7. The Balaban J connectivity index is 2.01. The van der Waals surface area contributed by atoms with Crippen molar-refractivity contribution >= 4 is 5.97 Å². The first-order valence-corrected chi connectivity index (χ1v) is 9.01. The van der Waals surface area contributed by atoms with E-state index in [0.29, 0.717) is 5.69 Å². The van der Waals surface area contributed by atoms with Crippen molar-refractivity contribution in [2.24, 2.45) is 5.73 Å². The van der Waals surface area contributed by atoms with Crippen molar-refractivity contribution in [3.8, 4) is 0 Å². The molecule has 0 radical (unpaired) electrons. The topological polar surface area (TPSA) is 94.0 Å². The van der Waals surface area contributed by atoms with Crippen molar-refractivity contribution in [2.45, 2.75) is 90.1 Å². The molecule has 1 unspecified atom stereocenters. The van der Waals surface area contributed by atoms with Crippen molar-refractivity contribution < 1.29 is 9.90 Å². The summed E-state index contributed by atoms with van der Waals surface area (Å²) in [5, 5.41) is 16.8. The highest BCUT2D eigenvalue weighted by Crippen LogP contribution is 2.11. The second-order valence-corrected chi connectivity index (χ2v) is 6.30. The zero-order valence-corrected chi connectivity index (χ0v) is 14.4. The summed E-state index contributed by atoms with van der Waals surface area (Å²) < 4.78 is 1.79. The number of aromatic nitrogens is 3. The number of nitrogens with two attached hydrogens (primary N) is 1. The maximum absolute atomic E-state index is 10.7. The molecule has 0 spiro atoms. The average molecular weight is 324 g/mol. The maximum Gasteiger partial charge on any atom is 0.320 e. The molecule has 132 valence electrons. The molecule has 0 saturated heterocycles. The Morgan fingerprint density at radius 1 is 1.13 bits per heavy atom. The quantitative estimate of drug-likeness (QED) is 0.513. The number of aliphatic carboxylic acids is 1. The van der Waals surface area contributed by atoms with Crippen molar-refractivity contribution in [3.63, 3.8) is 0 Å². The number of carboxylic acids is 1. The first-order chi connectivity index (χ1) is 11.1. The van der Waals surface area contributed by atoms with Crippen LogP contribution in [-0.4, -0.2) is 32.1 Å². The van der Waals surface area contributed by atoms with Gasteiger partial charge in [-0.15, -0.1) is 5.10 Å². The van der Waals surface area contributed by atoms with Gasteiger partial charge in [-0.05, 0) is 6.42 Å². The van der Waals surface area contributed by atoms with E-state index < -0.39 is 12.0 Å². The Bertz CT molecular complexity index is 434. The van der Waals surface area contributed by atoms with Gasteiger partial charge >= 0.3 is 5.97 Å². The fourth-order valence-corrected chi connectivity index (χ4v) is 2.62. The Kier molecular flexibility index (Phi) is 10.3. The molecule has 0 saturated carbocycles. The van der Waals surface area contributed by atoms with Crippen LogP contribution in [0.1, 0.15) is 76.8 Å². The van der Waals surface area contributed by atoms with Crippen LogP contribution < -0.4 is 5.73 Å². The Morgan fingerprint density at radius 3 is 2.26 bits per heavy atom. The van der Waals surface area contributed by atoms with E-state index in [-0.39, 0.29) is 6.42 Å². The summed E-state index contributed by atoms with van der Waals surface area (Å²) in [5.74, 6) is -1.01. The van der Waals surface area contributed by atoms with Crippen LogP contribution >= 0.6 is 0 Å². The molecule has 1 heterocycles. The fraction of sp³-hybridized carbons (Fsp3) is 0.824. The minimum absolute atomic E-state index is 0.230. The largest absolute Gasteiger partial charge is 0.480 e. The van der Waals surface area contributed by atoms with E-state index in [1.165, 1.54) is 57.8 Å². The summed E-state index contributed by atoms with van der Waals surface area (Å²) in [5.41, 5.74) is 6.13. The number of nitrogens with zero attached hydrogens (tertiary/aromatic N) is 3. The highest BCUT2D eigenvalue weighted by Gasteiger charge is 2.14. The molecular weight excluding hydrogens is 292 g/mol. The van der Waals surface area contributed by atoms with Crippen LogP contribution in [0.2, 0.25) is 0 Å². The van der Waals surface area contributed by atoms with Gasteiger partial charge in [0.05, 0.1) is 5.69 Å². The van der Waals surface area contributed by atoms with Gasteiger partial charge in [0.25, 0.3) is 0 Å². The predicted octanol–water partition coefficient (Wildman–Crippen LogP) is 3.15. The lowest BCUT2D eigenvalue weighted by Gasteiger charge is -2.03. The minimum Gasteiger partial charge on any atom is -0.480 e. The summed E-state index contributed by atoms with van der Waals surface area (Å²) in [6.07, 6.45) is 15.1. The van der Waals surface area contributed by atoms with Crippen molar-refractivity contribution in [3.05, 3.63) is 11.9 Å². The van der Waals surface area contributed by atoms with Crippen molar-refractivity contribution in [2.75, 3.05) is 0 Å². The lowest BCUT2D eigenvalue weighted by atomic mass is 10.1. The maximum atomic E-state index is 10.7. The van der Waals surface area contributed by atoms with Gasteiger partial charge in [0.15, 0.2) is 0 Å². The van der Waals surface area contributed by atoms with Gasteiger partial charge in [0.1, 0.15) is 6.04 Å². The van der Waals surface area contributed by atoms with Gasteiger partial charge in [-0.2, -0.15) is 0 Å². The fourth-order valence-electron chi connectivity index (χ4n) is 2.62. The monoisotopic (exact) mass is 324 g/mol. The van der Waals surface area contributed by atoms with Gasteiger partial charge in [-0.25, -0.2) is 0 Å². The molecule has 0 aliphatic heterocycles. The van der Waals surface area contributed by atoms with Crippen LogP contribution in [0.15, 0.2) is 6.20 Å². The third kappa shape index (κ3) is 9.33. The smallest absolute Gasteiger partial charge is 0.320 e. The lowest BCUT2D eigenvalue weighted by molar-refractivity contribution is -0.138. The highest BCUT2D eigenvalue weighted by molar-refractivity contribution is 5.73. The lowest BCUT2D eigenvalue weighted by Crippen LogP contribution is -2.32. The predicted molar refractivity (Wildman–Crippen MR) is 91.2 cm³/mol. The standard InChI is InChI=1S/C17H32N4O2/c1-2-3-4-5-6-7-8-9-10-11-12-21-14-15(19-20-21)13-16(18)17(22)23/h14,16H,2-13,18H2,1H3,(H,22,23). The molecule has 0 fully saturated rings. The Hall–Kier alpha value is -1.43. The second kappa shape index (κ2) is 12.0. The molecule has 3 N–H and O–H groups in total. The number of aryl methyl sites for hydroxylation is 1. The third-order valence-electron chi connectivity index (χ3n) is 4.07. The summed E-state index contributed by atoms with van der Waals surface area (Å²) in [6, 6.07) is -0.905. The van der Waals surface area contributed by atoms with E-state index in [2.05, 4.69) is 17.2 Å². The van der Waals surface area contributed by atoms with Crippen molar-refractivity contribution in [1.82, 2.24) is 15.0 Å². The molecule has 23 heavy (non-hydrogen) atoms. The molecule has 0 bridgehead atoms. The number of carbonyl (C=O) groups is 1. The van der Waals surface area contributed by atoms with Gasteiger partial charge in [0, 0.05) is 19.2 Å². The number of unbranched alkanes of at least 4 members (excludes halogenated alkanes) is 9. The zero-order valence-electron chi connectivity index (χ0n) is 14.4. The molecule has 0 aliphatic rings. The highest BCUT2D eigenvalue weighted by atomic mass is 16.4. The van der Waals surface area contributed by atoms with Crippen LogP contribution in [0.3, 0.4) is 0 Å². The molecule has 1 aromatic heterocycles.